The highest BCUT2D eigenvalue weighted by Gasteiger charge is 2.14. The largest absolute Gasteiger partial charge is 0.332 e. The third-order valence-electron chi connectivity index (χ3n) is 4.53. The summed E-state index contributed by atoms with van der Waals surface area (Å²) in [5.74, 6) is 0. The Hall–Kier alpha value is -3.49. The van der Waals surface area contributed by atoms with Crippen molar-refractivity contribution in [3.05, 3.63) is 68.1 Å². The average Bonchev–Trinajstić information content (AvgIpc) is 3.08. The molecule has 0 unspecified atom stereocenters. The van der Waals surface area contributed by atoms with Crippen molar-refractivity contribution in [3.8, 4) is 0 Å². The molecule has 0 aliphatic rings. The summed E-state index contributed by atoms with van der Waals surface area (Å²) >= 11 is 0. The number of hydrogen-bond acceptors (Lipinski definition) is 5. The second-order valence-electron chi connectivity index (χ2n) is 6.08. The van der Waals surface area contributed by atoms with Crippen LogP contribution < -0.4 is 16.8 Å². The number of nitrogens with zero attached hydrogens (tertiary/aromatic N) is 6. The molecular weight excluding hydrogens is 336 g/mol. The van der Waals surface area contributed by atoms with Gasteiger partial charge >= 0.3 is 5.69 Å². The minimum absolute atomic E-state index is 0.139. The number of rotatable bonds is 3. The highest BCUT2D eigenvalue weighted by Crippen LogP contribution is 2.07. The van der Waals surface area contributed by atoms with Crippen molar-refractivity contribution in [1.29, 1.82) is 0 Å². The van der Waals surface area contributed by atoms with Gasteiger partial charge < -0.3 is 4.57 Å². The predicted molar refractivity (Wildman–Crippen MR) is 96.2 cm³/mol. The Morgan fingerprint density at radius 1 is 0.846 bits per heavy atom. The van der Waals surface area contributed by atoms with Crippen molar-refractivity contribution >= 4 is 22.1 Å². The van der Waals surface area contributed by atoms with Crippen LogP contribution in [0.5, 0.6) is 0 Å². The van der Waals surface area contributed by atoms with E-state index in [9.17, 15) is 14.4 Å². The number of benzene rings is 1. The lowest BCUT2D eigenvalue weighted by Gasteiger charge is -2.09. The fraction of sp³-hybridized carbons (Fsp3) is 0.235. The van der Waals surface area contributed by atoms with E-state index in [0.29, 0.717) is 35.2 Å². The molecule has 4 rings (SSSR count). The third kappa shape index (κ3) is 2.28. The zero-order valence-corrected chi connectivity index (χ0v) is 14.3. The van der Waals surface area contributed by atoms with E-state index in [4.69, 9.17) is 0 Å². The van der Waals surface area contributed by atoms with Crippen LogP contribution in [-0.2, 0) is 27.2 Å². The quantitative estimate of drug-likeness (QED) is 0.511. The summed E-state index contributed by atoms with van der Waals surface area (Å²) < 4.78 is 5.53. The van der Waals surface area contributed by atoms with Gasteiger partial charge in [0.15, 0.2) is 11.2 Å². The van der Waals surface area contributed by atoms with E-state index >= 15 is 0 Å². The summed E-state index contributed by atoms with van der Waals surface area (Å²) in [6.07, 6.45) is 3.00. The van der Waals surface area contributed by atoms with Gasteiger partial charge in [0.1, 0.15) is 0 Å². The maximum absolute atomic E-state index is 12.6. The van der Waals surface area contributed by atoms with Crippen LogP contribution in [0.1, 0.15) is 0 Å². The zero-order valence-electron chi connectivity index (χ0n) is 14.3. The lowest BCUT2D eigenvalue weighted by molar-refractivity contribution is 0.568. The first-order chi connectivity index (χ1) is 12.5. The van der Waals surface area contributed by atoms with E-state index in [1.165, 1.54) is 28.8 Å². The first-order valence-electron chi connectivity index (χ1n) is 8.04. The van der Waals surface area contributed by atoms with Gasteiger partial charge in [0, 0.05) is 27.2 Å². The predicted octanol–water partition coefficient (Wildman–Crippen LogP) is -0.156. The molecule has 0 fully saturated rings. The van der Waals surface area contributed by atoms with Crippen LogP contribution in [0.4, 0.5) is 0 Å². The molecule has 0 atom stereocenters. The molecule has 0 N–H and O–H groups in total. The Bertz CT molecular complexity index is 1320. The van der Waals surface area contributed by atoms with Crippen molar-refractivity contribution < 1.29 is 0 Å². The number of para-hydroxylation sites is 1. The van der Waals surface area contributed by atoms with Crippen molar-refractivity contribution in [2.24, 2.45) is 14.1 Å². The molecule has 0 amide bonds. The Morgan fingerprint density at radius 2 is 1.54 bits per heavy atom. The van der Waals surface area contributed by atoms with Crippen molar-refractivity contribution in [3.63, 3.8) is 0 Å². The van der Waals surface area contributed by atoms with E-state index in [-0.39, 0.29) is 5.56 Å². The van der Waals surface area contributed by atoms with Crippen LogP contribution in [0.15, 0.2) is 51.3 Å². The van der Waals surface area contributed by atoms with Crippen molar-refractivity contribution in [1.82, 2.24) is 28.2 Å². The lowest BCUT2D eigenvalue weighted by atomic mass is 10.2. The molecule has 0 spiro atoms. The number of hydrogen-bond donors (Lipinski definition) is 0. The minimum atomic E-state index is -0.428. The summed E-state index contributed by atoms with van der Waals surface area (Å²) in [4.78, 5) is 45.5. The van der Waals surface area contributed by atoms with Gasteiger partial charge in [0.25, 0.3) is 11.1 Å². The normalized spacial score (nSPS) is 11.5. The van der Waals surface area contributed by atoms with Crippen LogP contribution in [0.2, 0.25) is 0 Å². The highest BCUT2D eigenvalue weighted by molar-refractivity contribution is 5.76. The SMILES string of the molecule is Cn1c(=O)c2c(ncn2CCn2cnc3ccccc3c2=O)n(C)c1=O. The first-order valence-corrected chi connectivity index (χ1v) is 8.04. The van der Waals surface area contributed by atoms with Gasteiger partial charge in [-0.3, -0.25) is 23.3 Å². The van der Waals surface area contributed by atoms with Crippen molar-refractivity contribution in [2.75, 3.05) is 0 Å². The van der Waals surface area contributed by atoms with Crippen LogP contribution in [0, 0.1) is 0 Å². The molecule has 3 aromatic heterocycles. The molecular formula is C17H16N6O3. The molecule has 132 valence electrons. The Morgan fingerprint density at radius 3 is 2.35 bits per heavy atom. The van der Waals surface area contributed by atoms with E-state index in [2.05, 4.69) is 9.97 Å². The molecule has 9 nitrogen and oxygen atoms in total. The van der Waals surface area contributed by atoms with Crippen LogP contribution in [0.3, 0.4) is 0 Å². The maximum Gasteiger partial charge on any atom is 0.332 e. The molecule has 0 saturated heterocycles. The topological polar surface area (TPSA) is 96.7 Å². The van der Waals surface area contributed by atoms with E-state index in [0.717, 1.165) is 4.57 Å². The second-order valence-corrected chi connectivity index (χ2v) is 6.08. The standard InChI is InChI=1S/C17H16N6O3/c1-20-14-13(16(25)21(2)17(20)26)22(10-19-14)7-8-23-9-18-12-6-4-3-5-11(12)15(23)24/h3-6,9-10H,7-8H2,1-2H3. The molecule has 3 heterocycles. The van der Waals surface area contributed by atoms with Crippen molar-refractivity contribution in [2.45, 2.75) is 13.1 Å². The van der Waals surface area contributed by atoms with Gasteiger partial charge in [-0.05, 0) is 12.1 Å². The van der Waals surface area contributed by atoms with Gasteiger partial charge in [-0.1, -0.05) is 12.1 Å². The Labute approximate surface area is 146 Å². The molecule has 9 heteroatoms. The summed E-state index contributed by atoms with van der Waals surface area (Å²) in [6.45, 7) is 0.679. The fourth-order valence-corrected chi connectivity index (χ4v) is 3.05. The Kier molecular flexibility index (Phi) is 3.57. The first kappa shape index (κ1) is 16.0. The summed E-state index contributed by atoms with van der Waals surface area (Å²) in [5.41, 5.74) is 0.316. The monoisotopic (exact) mass is 352 g/mol. The van der Waals surface area contributed by atoms with Crippen LogP contribution in [0.25, 0.3) is 22.1 Å². The molecule has 0 saturated carbocycles. The summed E-state index contributed by atoms with van der Waals surface area (Å²) in [5, 5.41) is 0.545. The number of imidazole rings is 1. The zero-order chi connectivity index (χ0) is 18.4. The summed E-state index contributed by atoms with van der Waals surface area (Å²) in [7, 11) is 3.00. The summed E-state index contributed by atoms with van der Waals surface area (Å²) in [6, 6.07) is 7.15. The smallest absolute Gasteiger partial charge is 0.323 e. The molecule has 0 radical (unpaired) electrons. The molecule has 4 aromatic rings. The Balaban J connectivity index is 1.76. The maximum atomic E-state index is 12.6. The van der Waals surface area contributed by atoms with Gasteiger partial charge in [-0.25, -0.2) is 14.8 Å². The molecule has 26 heavy (non-hydrogen) atoms. The van der Waals surface area contributed by atoms with E-state index in [1.54, 1.807) is 29.8 Å². The third-order valence-corrected chi connectivity index (χ3v) is 4.53. The lowest BCUT2D eigenvalue weighted by Crippen LogP contribution is -2.37. The number of aromatic nitrogens is 6. The molecule has 0 aliphatic heterocycles. The molecule has 0 aliphatic carbocycles. The molecule has 1 aromatic carbocycles. The van der Waals surface area contributed by atoms with Gasteiger partial charge in [0.05, 0.1) is 23.6 Å². The second kappa shape index (κ2) is 5.80. The fourth-order valence-electron chi connectivity index (χ4n) is 3.05. The van der Waals surface area contributed by atoms with Gasteiger partial charge in [-0.2, -0.15) is 0 Å². The van der Waals surface area contributed by atoms with Crippen LogP contribution >= 0.6 is 0 Å². The number of fused-ring (bicyclic) bond motifs is 2. The minimum Gasteiger partial charge on any atom is -0.323 e. The van der Waals surface area contributed by atoms with E-state index < -0.39 is 11.2 Å². The van der Waals surface area contributed by atoms with Gasteiger partial charge in [0.2, 0.25) is 0 Å². The highest BCUT2D eigenvalue weighted by atomic mass is 16.2. The number of aryl methyl sites for hydroxylation is 3. The van der Waals surface area contributed by atoms with Crippen LogP contribution in [-0.4, -0.2) is 28.2 Å². The van der Waals surface area contributed by atoms with E-state index in [1.807, 2.05) is 6.07 Å². The molecule has 0 bridgehead atoms. The average molecular weight is 352 g/mol. The van der Waals surface area contributed by atoms with Gasteiger partial charge in [-0.15, -0.1) is 0 Å².